The Hall–Kier alpha value is -0.160. The number of nitrogens with one attached hydrogen (secondary N) is 1. The summed E-state index contributed by atoms with van der Waals surface area (Å²) in [6, 6.07) is 5.28. The lowest BCUT2D eigenvalue weighted by atomic mass is 10.1. The van der Waals surface area contributed by atoms with Crippen LogP contribution in [0.15, 0.2) is 22.7 Å². The Balaban J connectivity index is 0.00000112. The van der Waals surface area contributed by atoms with Gasteiger partial charge in [-0.15, -0.1) is 12.4 Å². The van der Waals surface area contributed by atoms with Gasteiger partial charge in [-0.05, 0) is 33.6 Å². The van der Waals surface area contributed by atoms with E-state index in [1.165, 1.54) is 6.07 Å². The van der Waals surface area contributed by atoms with Gasteiger partial charge in [0.25, 0.3) is 0 Å². The van der Waals surface area contributed by atoms with Crippen LogP contribution in [0.3, 0.4) is 0 Å². The first-order valence-electron chi connectivity index (χ1n) is 4.53. The summed E-state index contributed by atoms with van der Waals surface area (Å²) in [5, 5.41) is 3.28. The van der Waals surface area contributed by atoms with Crippen molar-refractivity contribution in [3.8, 4) is 0 Å². The maximum absolute atomic E-state index is 13.2. The molecule has 2 rings (SSSR count). The molecule has 0 aromatic heterocycles. The summed E-state index contributed by atoms with van der Waals surface area (Å²) < 4.78 is 19.0. The van der Waals surface area contributed by atoms with Crippen LogP contribution in [0.2, 0.25) is 0 Å². The van der Waals surface area contributed by atoms with Gasteiger partial charge in [0.1, 0.15) is 5.82 Å². The normalized spacial score (nSPS) is 20.8. The Labute approximate surface area is 103 Å². The minimum absolute atomic E-state index is 0. The predicted molar refractivity (Wildman–Crippen MR) is 62.9 cm³/mol. The van der Waals surface area contributed by atoms with Gasteiger partial charge < -0.3 is 10.1 Å². The number of hydrogen-bond donors (Lipinski definition) is 1. The average Bonchev–Trinajstić information content (AvgIpc) is 2.23. The average molecular weight is 297 g/mol. The van der Waals surface area contributed by atoms with Crippen molar-refractivity contribution in [1.82, 2.24) is 5.32 Å². The molecule has 0 bridgehead atoms. The first-order chi connectivity index (χ1) is 6.77. The van der Waals surface area contributed by atoms with Crippen molar-refractivity contribution in [2.75, 3.05) is 19.8 Å². The quantitative estimate of drug-likeness (QED) is 0.860. The van der Waals surface area contributed by atoms with Crippen molar-refractivity contribution in [3.05, 3.63) is 34.1 Å². The Kier molecular flexibility index (Phi) is 4.99. The van der Waals surface area contributed by atoms with Crippen LogP contribution >= 0.6 is 28.3 Å². The Morgan fingerprint density at radius 1 is 1.47 bits per heavy atom. The van der Waals surface area contributed by atoms with E-state index in [2.05, 4.69) is 21.2 Å². The van der Waals surface area contributed by atoms with E-state index in [1.54, 1.807) is 6.07 Å². The summed E-state index contributed by atoms with van der Waals surface area (Å²) in [7, 11) is 0. The van der Waals surface area contributed by atoms with Gasteiger partial charge in [0, 0.05) is 6.54 Å². The molecule has 1 aliphatic heterocycles. The highest BCUT2D eigenvalue weighted by molar-refractivity contribution is 9.10. The Bertz CT molecular complexity index is 331. The summed E-state index contributed by atoms with van der Waals surface area (Å²) in [6.07, 6.45) is 0. The van der Waals surface area contributed by atoms with E-state index in [0.29, 0.717) is 11.1 Å². The van der Waals surface area contributed by atoms with Crippen molar-refractivity contribution in [3.63, 3.8) is 0 Å². The number of ether oxygens (including phenoxy) is 1. The fourth-order valence-corrected chi connectivity index (χ4v) is 1.76. The molecule has 0 unspecified atom stereocenters. The molecule has 0 spiro atoms. The molecule has 0 saturated carbocycles. The molecule has 1 fully saturated rings. The summed E-state index contributed by atoms with van der Waals surface area (Å²) in [5.41, 5.74) is 0.936. The maximum Gasteiger partial charge on any atom is 0.137 e. The molecule has 84 valence electrons. The molecule has 1 atom stereocenters. The molecule has 5 heteroatoms. The van der Waals surface area contributed by atoms with E-state index in [1.807, 2.05) is 6.07 Å². The van der Waals surface area contributed by atoms with Crippen LogP contribution in [-0.2, 0) is 4.74 Å². The highest BCUT2D eigenvalue weighted by Crippen LogP contribution is 2.21. The summed E-state index contributed by atoms with van der Waals surface area (Å²) >= 11 is 3.13. The zero-order chi connectivity index (χ0) is 9.97. The second-order valence-electron chi connectivity index (χ2n) is 3.26. The molecule has 2 nitrogen and oxygen atoms in total. The van der Waals surface area contributed by atoms with Crippen LogP contribution < -0.4 is 5.32 Å². The van der Waals surface area contributed by atoms with Crippen LogP contribution in [0, 0.1) is 5.82 Å². The number of halogens is 3. The number of benzene rings is 1. The van der Waals surface area contributed by atoms with E-state index in [4.69, 9.17) is 4.74 Å². The van der Waals surface area contributed by atoms with Crippen LogP contribution in [0.25, 0.3) is 0 Å². The molecule has 15 heavy (non-hydrogen) atoms. The van der Waals surface area contributed by atoms with Crippen molar-refractivity contribution < 1.29 is 9.13 Å². The molecule has 1 N–H and O–H groups in total. The van der Waals surface area contributed by atoms with Gasteiger partial charge in [0.15, 0.2) is 0 Å². The van der Waals surface area contributed by atoms with Gasteiger partial charge in [0.05, 0.1) is 23.7 Å². The monoisotopic (exact) mass is 295 g/mol. The molecule has 0 radical (unpaired) electrons. The van der Waals surface area contributed by atoms with E-state index < -0.39 is 0 Å². The van der Waals surface area contributed by atoms with E-state index in [0.717, 1.165) is 18.7 Å². The molecule has 1 saturated heterocycles. The van der Waals surface area contributed by atoms with Crippen LogP contribution in [0.4, 0.5) is 4.39 Å². The third-order valence-corrected chi connectivity index (χ3v) is 2.91. The summed E-state index contributed by atoms with van der Waals surface area (Å²) in [6.45, 7) is 2.17. The van der Waals surface area contributed by atoms with Gasteiger partial charge in [-0.3, -0.25) is 0 Å². The van der Waals surface area contributed by atoms with E-state index >= 15 is 0 Å². The lowest BCUT2D eigenvalue weighted by molar-refractivity contribution is 0.0768. The van der Waals surface area contributed by atoms with E-state index in [-0.39, 0.29) is 24.3 Å². The molecule has 0 amide bonds. The fourth-order valence-electron chi connectivity index (χ4n) is 1.51. The largest absolute Gasteiger partial charge is 0.378 e. The molecule has 1 aromatic carbocycles. The third-order valence-electron chi connectivity index (χ3n) is 2.27. The number of hydrogen-bond acceptors (Lipinski definition) is 2. The van der Waals surface area contributed by atoms with Crippen LogP contribution in [-0.4, -0.2) is 19.8 Å². The fraction of sp³-hybridized carbons (Fsp3) is 0.400. The third kappa shape index (κ3) is 3.14. The van der Waals surface area contributed by atoms with Gasteiger partial charge in [0.2, 0.25) is 0 Å². The van der Waals surface area contributed by atoms with Crippen molar-refractivity contribution in [2.24, 2.45) is 0 Å². The second-order valence-corrected chi connectivity index (χ2v) is 4.11. The summed E-state index contributed by atoms with van der Waals surface area (Å²) in [5.74, 6) is -0.227. The van der Waals surface area contributed by atoms with Gasteiger partial charge in [-0.2, -0.15) is 0 Å². The molecule has 0 aliphatic carbocycles. The smallest absolute Gasteiger partial charge is 0.137 e. The zero-order valence-corrected chi connectivity index (χ0v) is 10.4. The van der Waals surface area contributed by atoms with Gasteiger partial charge >= 0.3 is 0 Å². The Morgan fingerprint density at radius 3 is 2.87 bits per heavy atom. The predicted octanol–water partition coefficient (Wildman–Crippen LogP) is 2.67. The SMILES string of the molecule is Cl.Fc1cc([C@@H]2COCCN2)ccc1Br. The first kappa shape index (κ1) is 12.9. The number of rotatable bonds is 1. The standard InChI is InChI=1S/C10H11BrFNO.ClH/c11-8-2-1-7(5-9(8)12)10-6-14-4-3-13-10;/h1-2,5,10,13H,3-4,6H2;1H/t10-;/m0./s1. The van der Waals surface area contributed by atoms with Crippen molar-refractivity contribution in [2.45, 2.75) is 6.04 Å². The molecule has 1 aliphatic rings. The number of morpholine rings is 1. The highest BCUT2D eigenvalue weighted by atomic mass is 79.9. The molecular weight excluding hydrogens is 284 g/mol. The maximum atomic E-state index is 13.2. The van der Waals surface area contributed by atoms with Crippen LogP contribution in [0.1, 0.15) is 11.6 Å². The van der Waals surface area contributed by atoms with Crippen molar-refractivity contribution >= 4 is 28.3 Å². The van der Waals surface area contributed by atoms with Gasteiger partial charge in [-0.1, -0.05) is 6.07 Å². The minimum Gasteiger partial charge on any atom is -0.378 e. The minimum atomic E-state index is -0.227. The summed E-state index contributed by atoms with van der Waals surface area (Å²) in [4.78, 5) is 0. The lowest BCUT2D eigenvalue weighted by Gasteiger charge is -2.24. The van der Waals surface area contributed by atoms with E-state index in [9.17, 15) is 4.39 Å². The van der Waals surface area contributed by atoms with Crippen molar-refractivity contribution in [1.29, 1.82) is 0 Å². The molecule has 1 heterocycles. The second kappa shape index (κ2) is 5.80. The molecular formula is C10H12BrClFNO. The zero-order valence-electron chi connectivity index (χ0n) is 8.00. The Morgan fingerprint density at radius 2 is 2.27 bits per heavy atom. The molecule has 1 aromatic rings. The van der Waals surface area contributed by atoms with Crippen LogP contribution in [0.5, 0.6) is 0 Å². The van der Waals surface area contributed by atoms with Gasteiger partial charge in [-0.25, -0.2) is 4.39 Å². The first-order valence-corrected chi connectivity index (χ1v) is 5.33. The topological polar surface area (TPSA) is 21.3 Å². The highest BCUT2D eigenvalue weighted by Gasteiger charge is 2.15. The lowest BCUT2D eigenvalue weighted by Crippen LogP contribution is -2.34.